The zero-order valence-electron chi connectivity index (χ0n) is 12.2. The van der Waals surface area contributed by atoms with Crippen LogP contribution in [0.1, 0.15) is 0 Å². The molecule has 3 rings (SSSR count). The number of H-pyrrole nitrogens is 1. The second-order valence-electron chi connectivity index (χ2n) is 4.60. The summed E-state index contributed by atoms with van der Waals surface area (Å²) in [5, 5.41) is 1.38. The van der Waals surface area contributed by atoms with Crippen molar-refractivity contribution in [3.8, 4) is 11.1 Å². The molecule has 0 bridgehead atoms. The van der Waals surface area contributed by atoms with Crippen molar-refractivity contribution in [2.75, 3.05) is 6.26 Å². The molecule has 1 heterocycles. The van der Waals surface area contributed by atoms with Crippen molar-refractivity contribution in [2.45, 2.75) is 20.1 Å². The van der Waals surface area contributed by atoms with Gasteiger partial charge in [-0.15, -0.1) is 12.6 Å². The molecule has 0 saturated carbocycles. The van der Waals surface area contributed by atoms with Gasteiger partial charge in [0.05, 0.1) is 0 Å². The van der Waals surface area contributed by atoms with E-state index in [2.05, 4.69) is 51.8 Å². The standard InChI is InChI=1S/C16H13N3S4/c1-22-15-17-14(21)18-16(19-15)23-13-8-7-11(9-12(13)20)10-5-3-2-4-6-10/h2-9,20H,1H3,(H,17,18,19,21). The number of nitrogens with zero attached hydrogens (tertiary/aromatic N) is 2. The molecule has 0 spiro atoms. The van der Waals surface area contributed by atoms with E-state index in [-0.39, 0.29) is 0 Å². The third-order valence-electron chi connectivity index (χ3n) is 3.06. The smallest absolute Gasteiger partial charge is 0.201 e. The summed E-state index contributed by atoms with van der Waals surface area (Å²) < 4.78 is 0.438. The maximum atomic E-state index is 5.13. The van der Waals surface area contributed by atoms with Gasteiger partial charge in [-0.05, 0) is 41.7 Å². The summed E-state index contributed by atoms with van der Waals surface area (Å²) in [5.41, 5.74) is 2.31. The van der Waals surface area contributed by atoms with Crippen LogP contribution in [0, 0.1) is 4.77 Å². The van der Waals surface area contributed by atoms with Gasteiger partial charge in [0.1, 0.15) is 0 Å². The van der Waals surface area contributed by atoms with E-state index in [9.17, 15) is 0 Å². The van der Waals surface area contributed by atoms with E-state index in [4.69, 9.17) is 12.2 Å². The largest absolute Gasteiger partial charge is 0.310 e. The first-order valence-electron chi connectivity index (χ1n) is 6.74. The molecular weight excluding hydrogens is 362 g/mol. The van der Waals surface area contributed by atoms with Gasteiger partial charge in [-0.25, -0.2) is 0 Å². The lowest BCUT2D eigenvalue weighted by Gasteiger charge is -2.08. The van der Waals surface area contributed by atoms with Gasteiger partial charge in [0.2, 0.25) is 4.77 Å². The number of benzene rings is 2. The minimum absolute atomic E-state index is 0.438. The Kier molecular flexibility index (Phi) is 5.42. The normalized spacial score (nSPS) is 10.7. The van der Waals surface area contributed by atoms with Crippen molar-refractivity contribution in [3.63, 3.8) is 0 Å². The first-order valence-corrected chi connectivity index (χ1v) is 9.64. The number of rotatable bonds is 4. The molecule has 3 nitrogen and oxygen atoms in total. The molecule has 0 amide bonds. The van der Waals surface area contributed by atoms with Crippen molar-refractivity contribution in [1.82, 2.24) is 15.0 Å². The summed E-state index contributed by atoms with van der Waals surface area (Å²) in [4.78, 5) is 13.5. The van der Waals surface area contributed by atoms with Gasteiger partial charge < -0.3 is 4.98 Å². The van der Waals surface area contributed by atoms with Crippen LogP contribution in [-0.2, 0) is 0 Å². The third kappa shape index (κ3) is 4.17. The van der Waals surface area contributed by atoms with E-state index in [1.165, 1.54) is 29.1 Å². The fraction of sp³-hybridized carbons (Fsp3) is 0.0625. The summed E-state index contributed by atoms with van der Waals surface area (Å²) in [6.07, 6.45) is 1.93. The van der Waals surface area contributed by atoms with E-state index >= 15 is 0 Å². The highest BCUT2D eigenvalue weighted by atomic mass is 32.2. The maximum absolute atomic E-state index is 5.13. The third-order valence-corrected chi connectivity index (χ3v) is 5.29. The number of aromatic amines is 1. The van der Waals surface area contributed by atoms with Crippen LogP contribution in [0.4, 0.5) is 0 Å². The molecule has 0 aliphatic heterocycles. The Morgan fingerprint density at radius 3 is 2.52 bits per heavy atom. The van der Waals surface area contributed by atoms with Gasteiger partial charge in [0.15, 0.2) is 10.3 Å². The van der Waals surface area contributed by atoms with Gasteiger partial charge in [-0.2, -0.15) is 9.97 Å². The Bertz CT molecular complexity index is 878. The lowest BCUT2D eigenvalue weighted by molar-refractivity contribution is 0.788. The molecule has 3 aromatic rings. The molecule has 0 atom stereocenters. The Balaban J connectivity index is 1.90. The molecule has 23 heavy (non-hydrogen) atoms. The second kappa shape index (κ2) is 7.53. The molecule has 0 unspecified atom stereocenters. The van der Waals surface area contributed by atoms with E-state index < -0.39 is 0 Å². The molecule has 1 aromatic heterocycles. The minimum Gasteiger partial charge on any atom is -0.310 e. The summed E-state index contributed by atoms with van der Waals surface area (Å²) in [7, 11) is 0. The monoisotopic (exact) mass is 375 g/mol. The van der Waals surface area contributed by atoms with E-state index in [1.807, 2.05) is 30.5 Å². The van der Waals surface area contributed by atoms with Crippen LogP contribution in [0.25, 0.3) is 11.1 Å². The Hall–Kier alpha value is -1.28. The SMILES string of the molecule is CSc1nc(Sc2ccc(-c3ccccc3)cc2S)[nH]c(=S)n1. The van der Waals surface area contributed by atoms with Crippen molar-refractivity contribution in [1.29, 1.82) is 0 Å². The quantitative estimate of drug-likeness (QED) is 0.365. The molecule has 116 valence electrons. The van der Waals surface area contributed by atoms with Crippen LogP contribution in [-0.4, -0.2) is 21.2 Å². The zero-order valence-corrected chi connectivity index (χ0v) is 15.5. The minimum atomic E-state index is 0.438. The van der Waals surface area contributed by atoms with Crippen molar-refractivity contribution in [2.24, 2.45) is 0 Å². The average Bonchev–Trinajstić information content (AvgIpc) is 2.57. The highest BCUT2D eigenvalue weighted by Crippen LogP contribution is 2.33. The van der Waals surface area contributed by atoms with Gasteiger partial charge >= 0.3 is 0 Å². The van der Waals surface area contributed by atoms with Crippen LogP contribution in [0.15, 0.2) is 68.6 Å². The number of nitrogens with one attached hydrogen (secondary N) is 1. The molecule has 2 aromatic carbocycles. The van der Waals surface area contributed by atoms with Crippen molar-refractivity contribution < 1.29 is 0 Å². The first kappa shape index (κ1) is 16.6. The molecule has 7 heteroatoms. The summed E-state index contributed by atoms with van der Waals surface area (Å²) in [6.45, 7) is 0. The Morgan fingerprint density at radius 1 is 1.04 bits per heavy atom. The topological polar surface area (TPSA) is 41.6 Å². The number of thioether (sulfide) groups is 1. The molecule has 1 N–H and O–H groups in total. The summed E-state index contributed by atoms with van der Waals surface area (Å²) >= 11 is 12.7. The molecule has 0 saturated heterocycles. The van der Waals surface area contributed by atoms with Gasteiger partial charge in [-0.3, -0.25) is 0 Å². The first-order chi connectivity index (χ1) is 11.2. The lowest BCUT2D eigenvalue weighted by Crippen LogP contribution is -1.94. The van der Waals surface area contributed by atoms with Crippen molar-refractivity contribution >= 4 is 48.4 Å². The Morgan fingerprint density at radius 2 is 1.83 bits per heavy atom. The van der Waals surface area contributed by atoms with Crippen LogP contribution in [0.5, 0.6) is 0 Å². The van der Waals surface area contributed by atoms with Crippen LogP contribution < -0.4 is 0 Å². The van der Waals surface area contributed by atoms with E-state index in [0.29, 0.717) is 9.93 Å². The zero-order chi connectivity index (χ0) is 16.2. The number of aromatic nitrogens is 3. The predicted octanol–water partition coefficient (Wildman–Crippen LogP) is 5.36. The van der Waals surface area contributed by atoms with Gasteiger partial charge in [0.25, 0.3) is 0 Å². The van der Waals surface area contributed by atoms with Crippen LogP contribution >= 0.6 is 48.4 Å². The maximum Gasteiger partial charge on any atom is 0.201 e. The Labute approximate surface area is 153 Å². The number of thiol groups is 1. The summed E-state index contributed by atoms with van der Waals surface area (Å²) in [5.74, 6) is 0. The summed E-state index contributed by atoms with van der Waals surface area (Å²) in [6, 6.07) is 16.4. The van der Waals surface area contributed by atoms with Gasteiger partial charge in [0, 0.05) is 9.79 Å². The van der Waals surface area contributed by atoms with E-state index in [0.717, 1.165) is 20.5 Å². The van der Waals surface area contributed by atoms with Crippen molar-refractivity contribution in [3.05, 3.63) is 53.3 Å². The van der Waals surface area contributed by atoms with Gasteiger partial charge in [-0.1, -0.05) is 59.9 Å². The number of hydrogen-bond acceptors (Lipinski definition) is 6. The average molecular weight is 376 g/mol. The van der Waals surface area contributed by atoms with E-state index in [1.54, 1.807) is 0 Å². The van der Waals surface area contributed by atoms with Crippen LogP contribution in [0.3, 0.4) is 0 Å². The number of hydrogen-bond donors (Lipinski definition) is 2. The fourth-order valence-corrected chi connectivity index (χ4v) is 3.87. The lowest BCUT2D eigenvalue weighted by atomic mass is 10.1. The molecule has 0 aliphatic rings. The molecule has 0 radical (unpaired) electrons. The second-order valence-corrected chi connectivity index (χ2v) is 7.27. The highest BCUT2D eigenvalue weighted by Gasteiger charge is 2.07. The molecule has 0 fully saturated rings. The fourth-order valence-electron chi connectivity index (χ4n) is 2.00. The predicted molar refractivity (Wildman–Crippen MR) is 102 cm³/mol. The molecule has 0 aliphatic carbocycles. The highest BCUT2D eigenvalue weighted by molar-refractivity contribution is 8.00. The molecular formula is C16H13N3S4. The van der Waals surface area contributed by atoms with Crippen LogP contribution in [0.2, 0.25) is 0 Å².